The minimum atomic E-state index is -0.281. The van der Waals surface area contributed by atoms with Crippen molar-refractivity contribution >= 4 is 21.8 Å². The first-order valence-corrected chi connectivity index (χ1v) is 6.64. The fraction of sp³-hybridized carbons (Fsp3) is 0.133. The molecule has 4 heteroatoms. The zero-order valence-corrected chi connectivity index (χ0v) is 12.0. The molecule has 0 aliphatic carbocycles. The maximum absolute atomic E-state index is 12.8. The van der Waals surface area contributed by atoms with E-state index in [1.807, 2.05) is 25.1 Å². The first-order valence-electron chi connectivity index (χ1n) is 5.85. The van der Waals surface area contributed by atoms with Gasteiger partial charge in [0, 0.05) is 11.0 Å². The number of carbonyl (C=O) groups is 1. The van der Waals surface area contributed by atoms with Gasteiger partial charge in [0.2, 0.25) is 0 Å². The van der Waals surface area contributed by atoms with Crippen molar-refractivity contribution in [2.24, 2.45) is 0 Å². The van der Waals surface area contributed by atoms with Gasteiger partial charge in [0.25, 0.3) is 5.91 Å². The van der Waals surface area contributed by atoms with Crippen LogP contribution in [0.2, 0.25) is 0 Å². The van der Waals surface area contributed by atoms with E-state index in [1.165, 1.54) is 12.1 Å². The van der Waals surface area contributed by atoms with Crippen molar-refractivity contribution in [1.29, 1.82) is 0 Å². The number of halogens is 2. The number of hydrogen-bond acceptors (Lipinski definition) is 1. The van der Waals surface area contributed by atoms with Gasteiger partial charge in [0.1, 0.15) is 5.82 Å². The molecule has 0 radical (unpaired) electrons. The molecule has 0 aromatic heterocycles. The molecular weight excluding hydrogens is 309 g/mol. The smallest absolute Gasteiger partial charge is 0.252 e. The summed E-state index contributed by atoms with van der Waals surface area (Å²) in [5.74, 6) is -0.434. The van der Waals surface area contributed by atoms with Crippen LogP contribution in [0.4, 0.5) is 4.39 Å². The summed E-state index contributed by atoms with van der Waals surface area (Å²) < 4.78 is 13.5. The van der Waals surface area contributed by atoms with Crippen molar-refractivity contribution in [3.63, 3.8) is 0 Å². The second-order valence-corrected chi connectivity index (χ2v) is 5.15. The second kappa shape index (κ2) is 5.97. The quantitative estimate of drug-likeness (QED) is 0.914. The van der Waals surface area contributed by atoms with Crippen molar-refractivity contribution in [3.8, 4) is 0 Å². The third kappa shape index (κ3) is 3.64. The van der Waals surface area contributed by atoms with E-state index in [0.29, 0.717) is 12.1 Å². The van der Waals surface area contributed by atoms with E-state index in [2.05, 4.69) is 21.2 Å². The van der Waals surface area contributed by atoms with Gasteiger partial charge in [-0.1, -0.05) is 23.8 Å². The van der Waals surface area contributed by atoms with E-state index in [9.17, 15) is 9.18 Å². The molecule has 0 aliphatic rings. The molecule has 98 valence electrons. The first-order chi connectivity index (χ1) is 9.06. The van der Waals surface area contributed by atoms with Crippen LogP contribution in [0, 0.1) is 12.7 Å². The SMILES string of the molecule is Cc1ccc(Br)c(C(=O)NCc2ccc(F)cc2)c1. The van der Waals surface area contributed by atoms with Gasteiger partial charge in [-0.3, -0.25) is 4.79 Å². The topological polar surface area (TPSA) is 29.1 Å². The van der Waals surface area contributed by atoms with E-state index in [1.54, 1.807) is 12.1 Å². The van der Waals surface area contributed by atoms with E-state index in [4.69, 9.17) is 0 Å². The van der Waals surface area contributed by atoms with Gasteiger partial charge in [-0.15, -0.1) is 0 Å². The Kier molecular flexibility index (Phi) is 4.32. The van der Waals surface area contributed by atoms with Crippen molar-refractivity contribution in [3.05, 3.63) is 69.4 Å². The molecule has 2 aromatic rings. The summed E-state index contributed by atoms with van der Waals surface area (Å²) in [7, 11) is 0. The first kappa shape index (κ1) is 13.7. The van der Waals surface area contributed by atoms with Crippen LogP contribution in [0.15, 0.2) is 46.9 Å². The molecule has 0 bridgehead atoms. The molecule has 0 saturated carbocycles. The lowest BCUT2D eigenvalue weighted by Crippen LogP contribution is -2.23. The predicted molar refractivity (Wildman–Crippen MR) is 76.4 cm³/mol. The highest BCUT2D eigenvalue weighted by atomic mass is 79.9. The Balaban J connectivity index is 2.05. The second-order valence-electron chi connectivity index (χ2n) is 4.29. The molecule has 0 spiro atoms. The monoisotopic (exact) mass is 321 g/mol. The number of aryl methyl sites for hydroxylation is 1. The van der Waals surface area contributed by atoms with Gasteiger partial charge in [0.15, 0.2) is 0 Å². The summed E-state index contributed by atoms with van der Waals surface area (Å²) in [5.41, 5.74) is 2.48. The molecule has 0 unspecified atom stereocenters. The number of rotatable bonds is 3. The number of amides is 1. The Morgan fingerprint density at radius 2 is 1.89 bits per heavy atom. The molecule has 1 amide bonds. The third-order valence-corrected chi connectivity index (χ3v) is 3.42. The molecular formula is C15H13BrFNO. The van der Waals surface area contributed by atoms with Gasteiger partial charge < -0.3 is 5.32 Å². The zero-order valence-electron chi connectivity index (χ0n) is 10.4. The van der Waals surface area contributed by atoms with Crippen LogP contribution in [-0.2, 0) is 6.54 Å². The molecule has 0 saturated heterocycles. The number of carbonyl (C=O) groups excluding carboxylic acids is 1. The van der Waals surface area contributed by atoms with Gasteiger partial charge in [0.05, 0.1) is 5.56 Å². The fourth-order valence-corrected chi connectivity index (χ4v) is 2.12. The standard InChI is InChI=1S/C15H13BrFNO/c1-10-2-7-14(16)13(8-10)15(19)18-9-11-3-5-12(17)6-4-11/h2-8H,9H2,1H3,(H,18,19). The zero-order chi connectivity index (χ0) is 13.8. The average Bonchev–Trinajstić information content (AvgIpc) is 2.40. The molecule has 2 rings (SSSR count). The van der Waals surface area contributed by atoms with Crippen LogP contribution < -0.4 is 5.32 Å². The summed E-state index contributed by atoms with van der Waals surface area (Å²) in [6.45, 7) is 2.31. The summed E-state index contributed by atoms with van der Waals surface area (Å²) in [4.78, 5) is 12.0. The van der Waals surface area contributed by atoms with Gasteiger partial charge in [-0.25, -0.2) is 4.39 Å². The Morgan fingerprint density at radius 3 is 2.58 bits per heavy atom. The molecule has 0 heterocycles. The van der Waals surface area contributed by atoms with Crippen molar-refractivity contribution in [2.45, 2.75) is 13.5 Å². The van der Waals surface area contributed by atoms with Crippen LogP contribution in [0.5, 0.6) is 0 Å². The molecule has 0 aliphatic heterocycles. The van der Waals surface area contributed by atoms with Crippen LogP contribution >= 0.6 is 15.9 Å². The van der Waals surface area contributed by atoms with Gasteiger partial charge in [-0.05, 0) is 52.7 Å². The van der Waals surface area contributed by atoms with Crippen molar-refractivity contribution < 1.29 is 9.18 Å². The molecule has 1 N–H and O–H groups in total. The van der Waals surface area contributed by atoms with E-state index in [0.717, 1.165) is 15.6 Å². The Morgan fingerprint density at radius 1 is 1.21 bits per heavy atom. The fourth-order valence-electron chi connectivity index (χ4n) is 1.69. The largest absolute Gasteiger partial charge is 0.348 e. The third-order valence-electron chi connectivity index (χ3n) is 2.73. The lowest BCUT2D eigenvalue weighted by molar-refractivity contribution is 0.0950. The summed E-state index contributed by atoms with van der Waals surface area (Å²) >= 11 is 3.36. The maximum atomic E-state index is 12.8. The van der Waals surface area contributed by atoms with Gasteiger partial charge >= 0.3 is 0 Å². The minimum Gasteiger partial charge on any atom is -0.348 e. The molecule has 19 heavy (non-hydrogen) atoms. The minimum absolute atomic E-state index is 0.153. The van der Waals surface area contributed by atoms with Crippen molar-refractivity contribution in [1.82, 2.24) is 5.32 Å². The van der Waals surface area contributed by atoms with Crippen LogP contribution in [0.1, 0.15) is 21.5 Å². The lowest BCUT2D eigenvalue weighted by atomic mass is 10.1. The normalized spacial score (nSPS) is 10.3. The van der Waals surface area contributed by atoms with E-state index >= 15 is 0 Å². The summed E-state index contributed by atoms with van der Waals surface area (Å²) in [6, 6.07) is 11.7. The van der Waals surface area contributed by atoms with Gasteiger partial charge in [-0.2, -0.15) is 0 Å². The number of benzene rings is 2. The predicted octanol–water partition coefficient (Wildman–Crippen LogP) is 3.83. The Bertz CT molecular complexity index is 596. The lowest BCUT2D eigenvalue weighted by Gasteiger charge is -2.08. The van der Waals surface area contributed by atoms with Crippen LogP contribution in [0.3, 0.4) is 0 Å². The number of hydrogen-bond donors (Lipinski definition) is 1. The summed E-state index contributed by atoms with van der Waals surface area (Å²) in [5, 5.41) is 2.81. The molecule has 0 fully saturated rings. The highest BCUT2D eigenvalue weighted by Gasteiger charge is 2.09. The molecule has 0 atom stereocenters. The highest BCUT2D eigenvalue weighted by molar-refractivity contribution is 9.10. The van der Waals surface area contributed by atoms with Crippen LogP contribution in [0.25, 0.3) is 0 Å². The van der Waals surface area contributed by atoms with E-state index < -0.39 is 0 Å². The van der Waals surface area contributed by atoms with Crippen LogP contribution in [-0.4, -0.2) is 5.91 Å². The summed E-state index contributed by atoms with van der Waals surface area (Å²) in [6.07, 6.45) is 0. The Labute approximate surface area is 119 Å². The molecule has 2 nitrogen and oxygen atoms in total. The molecule has 2 aromatic carbocycles. The maximum Gasteiger partial charge on any atom is 0.252 e. The van der Waals surface area contributed by atoms with Crippen molar-refractivity contribution in [2.75, 3.05) is 0 Å². The average molecular weight is 322 g/mol. The van der Waals surface area contributed by atoms with E-state index in [-0.39, 0.29) is 11.7 Å². The highest BCUT2D eigenvalue weighted by Crippen LogP contribution is 2.18. The Hall–Kier alpha value is -1.68. The number of nitrogens with one attached hydrogen (secondary N) is 1.